The first kappa shape index (κ1) is 29.7. The van der Waals surface area contributed by atoms with Gasteiger partial charge in [0.15, 0.2) is 5.78 Å². The minimum atomic E-state index is -0.417. The smallest absolute Gasteiger partial charge is 0.164 e. The topological polar surface area (TPSA) is 50.2 Å². The molecule has 1 heterocycles. The van der Waals surface area contributed by atoms with Crippen LogP contribution in [0.2, 0.25) is 0 Å². The number of hydrogen-bond donors (Lipinski definition) is 1. The van der Waals surface area contributed by atoms with Gasteiger partial charge in [-0.2, -0.15) is 0 Å². The molecule has 3 aromatic rings. The van der Waals surface area contributed by atoms with Crippen molar-refractivity contribution in [2.45, 2.75) is 69.2 Å². The molecule has 1 aromatic heterocycles. The normalized spacial score (nSPS) is 12.0. The molecule has 0 spiro atoms. The Morgan fingerprint density at radius 1 is 0.912 bits per heavy atom. The van der Waals surface area contributed by atoms with Gasteiger partial charge < -0.3 is 5.11 Å². The number of nitrogens with zero attached hydrogens (tertiary/aromatic N) is 1. The second kappa shape index (κ2) is 11.4. The number of aryl methyl sites for hydroxylation is 4. The SMILES string of the molecule is CC(C)(C)C(=O)/C=C(\O)C(C)(C)C.Cc1[c-]c(-c2nc3cccc(C)c3cc2C)cc(C)c1.[Ir]. The van der Waals surface area contributed by atoms with E-state index in [2.05, 4.69) is 70.2 Å². The first-order valence-corrected chi connectivity index (χ1v) is 11.4. The first-order chi connectivity index (χ1) is 15.1. The average Bonchev–Trinajstić information content (AvgIpc) is 2.66. The Morgan fingerprint density at radius 2 is 1.53 bits per heavy atom. The summed E-state index contributed by atoms with van der Waals surface area (Å²) in [7, 11) is 0. The number of rotatable bonds is 2. The van der Waals surface area contributed by atoms with Crippen LogP contribution in [0.4, 0.5) is 0 Å². The van der Waals surface area contributed by atoms with Crippen molar-refractivity contribution in [1.82, 2.24) is 4.98 Å². The van der Waals surface area contributed by atoms with E-state index in [9.17, 15) is 9.90 Å². The molecule has 3 rings (SSSR count). The van der Waals surface area contributed by atoms with E-state index in [1.54, 1.807) is 0 Å². The number of pyridine rings is 1. The molecule has 0 aliphatic carbocycles. The van der Waals surface area contributed by atoms with Gasteiger partial charge in [-0.05, 0) is 31.2 Å². The fourth-order valence-electron chi connectivity index (χ4n) is 3.30. The van der Waals surface area contributed by atoms with Crippen molar-refractivity contribution in [3.8, 4) is 11.3 Å². The molecule has 0 fully saturated rings. The van der Waals surface area contributed by atoms with Gasteiger partial charge in [-0.15, -0.1) is 34.9 Å². The summed E-state index contributed by atoms with van der Waals surface area (Å²) in [6.07, 6.45) is 1.33. The van der Waals surface area contributed by atoms with E-state index >= 15 is 0 Å². The van der Waals surface area contributed by atoms with Crippen molar-refractivity contribution >= 4 is 16.7 Å². The summed E-state index contributed by atoms with van der Waals surface area (Å²) in [6, 6.07) is 16.2. The average molecular weight is 637 g/mol. The molecule has 0 saturated heterocycles. The summed E-state index contributed by atoms with van der Waals surface area (Å²) in [6.45, 7) is 19.6. The molecular formula is C30H38IrNO2-. The molecule has 0 aliphatic heterocycles. The largest absolute Gasteiger partial charge is 0.512 e. The molecule has 0 bridgehead atoms. The van der Waals surface area contributed by atoms with Crippen LogP contribution in [0.3, 0.4) is 0 Å². The van der Waals surface area contributed by atoms with Crippen LogP contribution in [0.5, 0.6) is 0 Å². The summed E-state index contributed by atoms with van der Waals surface area (Å²) in [5, 5.41) is 10.8. The Morgan fingerprint density at radius 3 is 2.06 bits per heavy atom. The zero-order valence-corrected chi connectivity index (χ0v) is 24.6. The van der Waals surface area contributed by atoms with Crippen LogP contribution in [0.1, 0.15) is 63.8 Å². The molecule has 0 amide bonds. The molecule has 1 N–H and O–H groups in total. The summed E-state index contributed by atoms with van der Waals surface area (Å²) >= 11 is 0. The van der Waals surface area contributed by atoms with Crippen molar-refractivity contribution in [2.24, 2.45) is 10.8 Å². The van der Waals surface area contributed by atoms with Gasteiger partial charge in [-0.3, -0.25) is 9.78 Å². The number of carbonyl (C=O) groups is 1. The molecule has 4 heteroatoms. The van der Waals surface area contributed by atoms with Gasteiger partial charge in [0.05, 0.1) is 5.52 Å². The summed E-state index contributed by atoms with van der Waals surface area (Å²) < 4.78 is 0. The second-order valence-corrected chi connectivity index (χ2v) is 10.9. The van der Waals surface area contributed by atoms with Crippen LogP contribution in [0.15, 0.2) is 48.2 Å². The molecule has 0 aliphatic rings. The standard InChI is InChI=1S/C19H18N.C11H20O2.Ir/c1-12-8-13(2)10-16(9-12)19-15(4)11-17-14(3)6-5-7-18(17)20-19;1-10(2,3)8(12)7-9(13)11(4,5)6;/h5-9,11H,1-4H3;7,12H,1-6H3;/q-1;;/b;8-7-;. The maximum absolute atomic E-state index is 11.5. The van der Waals surface area contributed by atoms with E-state index in [-0.39, 0.29) is 37.1 Å². The number of aliphatic hydroxyl groups excluding tert-OH is 1. The van der Waals surface area contributed by atoms with Crippen molar-refractivity contribution in [3.05, 3.63) is 76.6 Å². The van der Waals surface area contributed by atoms with Crippen LogP contribution in [0, 0.1) is 44.6 Å². The number of aliphatic hydroxyl groups is 1. The Hall–Kier alpha value is -2.29. The summed E-state index contributed by atoms with van der Waals surface area (Å²) in [4.78, 5) is 16.3. The zero-order valence-electron chi connectivity index (χ0n) is 22.2. The fourth-order valence-corrected chi connectivity index (χ4v) is 3.30. The number of carbonyl (C=O) groups excluding carboxylic acids is 1. The van der Waals surface area contributed by atoms with Gasteiger partial charge in [0.25, 0.3) is 0 Å². The van der Waals surface area contributed by atoms with E-state index in [1.807, 2.05) is 41.5 Å². The Kier molecular flexibility index (Phi) is 9.99. The minimum Gasteiger partial charge on any atom is -0.512 e. The second-order valence-electron chi connectivity index (χ2n) is 10.9. The van der Waals surface area contributed by atoms with Gasteiger partial charge in [-0.1, -0.05) is 79.2 Å². The number of aromatic nitrogens is 1. The first-order valence-electron chi connectivity index (χ1n) is 11.4. The zero-order chi connectivity index (χ0) is 25.1. The van der Waals surface area contributed by atoms with Gasteiger partial charge in [0.1, 0.15) is 5.76 Å². The molecule has 0 saturated carbocycles. The number of fused-ring (bicyclic) bond motifs is 1. The van der Waals surface area contributed by atoms with Crippen molar-refractivity contribution in [3.63, 3.8) is 0 Å². The van der Waals surface area contributed by atoms with Gasteiger partial charge in [0.2, 0.25) is 0 Å². The van der Waals surface area contributed by atoms with Crippen molar-refractivity contribution in [2.75, 3.05) is 0 Å². The molecule has 1 radical (unpaired) electrons. The third-order valence-electron chi connectivity index (χ3n) is 5.45. The van der Waals surface area contributed by atoms with Gasteiger partial charge >= 0.3 is 0 Å². The molecular weight excluding hydrogens is 599 g/mol. The molecule has 0 atom stereocenters. The molecule has 3 nitrogen and oxygen atoms in total. The minimum absolute atomic E-state index is 0. The van der Waals surface area contributed by atoms with Crippen molar-refractivity contribution in [1.29, 1.82) is 0 Å². The molecule has 185 valence electrons. The van der Waals surface area contributed by atoms with Gasteiger partial charge in [0, 0.05) is 42.4 Å². The maximum atomic E-state index is 11.5. The number of ketones is 1. The van der Waals surface area contributed by atoms with E-state index in [0.717, 1.165) is 22.3 Å². The number of hydrogen-bond acceptors (Lipinski definition) is 3. The predicted octanol–water partition coefficient (Wildman–Crippen LogP) is 8.02. The van der Waals surface area contributed by atoms with E-state index < -0.39 is 5.41 Å². The van der Waals surface area contributed by atoms with Crippen LogP contribution in [-0.4, -0.2) is 15.9 Å². The summed E-state index contributed by atoms with van der Waals surface area (Å²) in [5.41, 5.74) is 7.30. The van der Waals surface area contributed by atoms with Crippen molar-refractivity contribution < 1.29 is 30.0 Å². The maximum Gasteiger partial charge on any atom is 0.164 e. The van der Waals surface area contributed by atoms with Crippen LogP contribution < -0.4 is 0 Å². The van der Waals surface area contributed by atoms with Crippen LogP contribution in [0.25, 0.3) is 22.2 Å². The number of allylic oxidation sites excluding steroid dienone is 2. The van der Waals surface area contributed by atoms with E-state index in [0.29, 0.717) is 0 Å². The Labute approximate surface area is 219 Å². The van der Waals surface area contributed by atoms with E-state index in [1.165, 1.54) is 28.2 Å². The van der Waals surface area contributed by atoms with Crippen LogP contribution in [-0.2, 0) is 24.9 Å². The molecule has 0 unspecified atom stereocenters. The Bertz CT molecular complexity index is 1170. The Balaban J connectivity index is 0.000000364. The fraction of sp³-hybridized carbons (Fsp3) is 0.400. The molecule has 2 aromatic carbocycles. The third kappa shape index (κ3) is 7.89. The van der Waals surface area contributed by atoms with Gasteiger partial charge in [-0.25, -0.2) is 0 Å². The quantitative estimate of drug-likeness (QED) is 0.176. The third-order valence-corrected chi connectivity index (χ3v) is 5.45. The van der Waals surface area contributed by atoms with E-state index in [4.69, 9.17) is 4.98 Å². The predicted molar refractivity (Wildman–Crippen MR) is 140 cm³/mol. The number of benzene rings is 2. The van der Waals surface area contributed by atoms with Crippen LogP contribution >= 0.6 is 0 Å². The molecule has 34 heavy (non-hydrogen) atoms. The summed E-state index contributed by atoms with van der Waals surface area (Å²) in [5.74, 6) is 0.104. The monoisotopic (exact) mass is 637 g/mol.